The van der Waals surface area contributed by atoms with Gasteiger partial charge in [0.1, 0.15) is 34.9 Å². The molecular formula is C33H30O6. The lowest BCUT2D eigenvalue weighted by Crippen LogP contribution is -2.13. The number of hydrogen-bond donors (Lipinski definition) is 5. The van der Waals surface area contributed by atoms with E-state index >= 15 is 0 Å². The van der Waals surface area contributed by atoms with Crippen LogP contribution in [0.1, 0.15) is 34.3 Å². The van der Waals surface area contributed by atoms with E-state index in [9.17, 15) is 25.5 Å². The molecule has 0 aromatic heterocycles. The number of aromatic hydroxyl groups is 4. The second-order valence-electron chi connectivity index (χ2n) is 9.70. The standard InChI is InChI=1S/C33H30O6/c1-3-5-19-7-10-29(36)23(13-19)25-15-21(9-12-31(25)38)32-28(18-34)27-17-22(35)16-26(33(27)39-32)24-14-20(6-4-2)8-11-30(24)37/h3-4,7-17,28,32,34-38H,1-2,5-6,18H2/t28-,32-/m1/s1. The lowest BCUT2D eigenvalue weighted by atomic mass is 9.88. The molecule has 1 heterocycles. The molecule has 6 nitrogen and oxygen atoms in total. The zero-order valence-corrected chi connectivity index (χ0v) is 21.3. The minimum absolute atomic E-state index is 0.0110. The van der Waals surface area contributed by atoms with E-state index in [1.54, 1.807) is 60.7 Å². The van der Waals surface area contributed by atoms with Crippen molar-refractivity contribution in [3.63, 3.8) is 0 Å². The van der Waals surface area contributed by atoms with Crippen molar-refractivity contribution in [1.82, 2.24) is 0 Å². The first-order chi connectivity index (χ1) is 18.8. The summed E-state index contributed by atoms with van der Waals surface area (Å²) in [6, 6.07) is 18.5. The third-order valence-corrected chi connectivity index (χ3v) is 7.12. The summed E-state index contributed by atoms with van der Waals surface area (Å²) in [6.07, 6.45) is 4.09. The maximum absolute atomic E-state index is 10.7. The third kappa shape index (κ3) is 4.82. The molecule has 0 aliphatic carbocycles. The van der Waals surface area contributed by atoms with E-state index < -0.39 is 12.0 Å². The minimum atomic E-state index is -0.651. The van der Waals surface area contributed by atoms with Crippen LogP contribution in [0.5, 0.6) is 28.7 Å². The number of aliphatic hydroxyl groups excluding tert-OH is 1. The largest absolute Gasteiger partial charge is 0.508 e. The maximum atomic E-state index is 10.7. The summed E-state index contributed by atoms with van der Waals surface area (Å²) in [4.78, 5) is 0. The quantitative estimate of drug-likeness (QED) is 0.169. The van der Waals surface area contributed by atoms with Gasteiger partial charge in [0.15, 0.2) is 0 Å². The SMILES string of the molecule is C=CCc1ccc(O)c(-c2cc([C@H]3Oc4c(-c5cc(CC=C)ccc5O)cc(O)cc4[C@H]3CO)ccc2O)c1. The second kappa shape index (κ2) is 10.6. The Morgan fingerprint density at radius 2 is 1.21 bits per heavy atom. The Hall–Kier alpha value is -4.68. The van der Waals surface area contributed by atoms with Crippen LogP contribution in [0.25, 0.3) is 22.3 Å². The molecule has 0 saturated heterocycles. The van der Waals surface area contributed by atoms with Crippen LogP contribution in [0.3, 0.4) is 0 Å². The van der Waals surface area contributed by atoms with E-state index in [0.29, 0.717) is 52.0 Å². The molecule has 0 radical (unpaired) electrons. The first-order valence-electron chi connectivity index (χ1n) is 12.7. The highest BCUT2D eigenvalue weighted by Gasteiger charge is 2.38. The number of benzene rings is 4. The molecule has 0 saturated carbocycles. The van der Waals surface area contributed by atoms with E-state index in [-0.39, 0.29) is 29.6 Å². The number of phenolic OH excluding ortho intramolecular Hbond substituents is 4. The van der Waals surface area contributed by atoms with Crippen LogP contribution in [0, 0.1) is 0 Å². The van der Waals surface area contributed by atoms with Gasteiger partial charge in [0.2, 0.25) is 0 Å². The van der Waals surface area contributed by atoms with Gasteiger partial charge in [-0.1, -0.05) is 30.4 Å². The molecule has 0 bridgehead atoms. The van der Waals surface area contributed by atoms with Crippen LogP contribution in [0.15, 0.2) is 92.0 Å². The number of allylic oxidation sites excluding steroid dienone is 2. The van der Waals surface area contributed by atoms with Crippen molar-refractivity contribution in [3.8, 4) is 51.0 Å². The molecule has 5 N–H and O–H groups in total. The minimum Gasteiger partial charge on any atom is -0.508 e. The molecule has 6 heteroatoms. The summed E-state index contributed by atoms with van der Waals surface area (Å²) in [5.74, 6) is -0.0500. The van der Waals surface area contributed by atoms with Crippen LogP contribution >= 0.6 is 0 Å². The number of hydrogen-bond acceptors (Lipinski definition) is 6. The highest BCUT2D eigenvalue weighted by atomic mass is 16.5. The number of ether oxygens (including phenoxy) is 1. The van der Waals surface area contributed by atoms with Gasteiger partial charge < -0.3 is 30.3 Å². The highest BCUT2D eigenvalue weighted by Crippen LogP contribution is 2.53. The van der Waals surface area contributed by atoms with Gasteiger partial charge in [0.25, 0.3) is 0 Å². The molecule has 1 aliphatic heterocycles. The predicted molar refractivity (Wildman–Crippen MR) is 151 cm³/mol. The van der Waals surface area contributed by atoms with E-state index in [0.717, 1.165) is 11.1 Å². The highest BCUT2D eigenvalue weighted by molar-refractivity contribution is 5.80. The molecule has 1 aliphatic rings. The van der Waals surface area contributed by atoms with Crippen molar-refractivity contribution in [2.24, 2.45) is 0 Å². The Morgan fingerprint density at radius 1 is 0.667 bits per heavy atom. The van der Waals surface area contributed by atoms with Crippen LogP contribution in [-0.2, 0) is 12.8 Å². The summed E-state index contributed by atoms with van der Waals surface area (Å²) in [7, 11) is 0. The molecule has 198 valence electrons. The summed E-state index contributed by atoms with van der Waals surface area (Å²) in [6.45, 7) is 7.28. The van der Waals surface area contributed by atoms with Gasteiger partial charge in [-0.25, -0.2) is 0 Å². The molecule has 2 atom stereocenters. The van der Waals surface area contributed by atoms with E-state index in [1.807, 2.05) is 6.07 Å². The normalized spacial score (nSPS) is 15.9. The molecule has 4 aromatic rings. The Kier molecular flexibility index (Phi) is 7.05. The average Bonchev–Trinajstić information content (AvgIpc) is 3.29. The van der Waals surface area contributed by atoms with Gasteiger partial charge in [0.05, 0.1) is 12.5 Å². The Labute approximate surface area is 227 Å². The molecule has 5 rings (SSSR count). The fraction of sp³-hybridized carbons (Fsp3) is 0.152. The second-order valence-corrected chi connectivity index (χ2v) is 9.70. The van der Waals surface area contributed by atoms with E-state index in [2.05, 4.69) is 13.2 Å². The zero-order chi connectivity index (χ0) is 27.7. The topological polar surface area (TPSA) is 110 Å². The van der Waals surface area contributed by atoms with Gasteiger partial charge in [-0.3, -0.25) is 0 Å². The van der Waals surface area contributed by atoms with Crippen molar-refractivity contribution in [1.29, 1.82) is 0 Å². The predicted octanol–water partition coefficient (Wildman–Crippen LogP) is 6.51. The Morgan fingerprint density at radius 3 is 1.77 bits per heavy atom. The Bertz CT molecular complexity index is 1570. The van der Waals surface area contributed by atoms with Gasteiger partial charge in [-0.2, -0.15) is 0 Å². The molecular weight excluding hydrogens is 492 g/mol. The van der Waals surface area contributed by atoms with Gasteiger partial charge in [0, 0.05) is 27.8 Å². The summed E-state index contributed by atoms with van der Waals surface area (Å²) < 4.78 is 6.46. The van der Waals surface area contributed by atoms with Crippen LogP contribution in [-0.4, -0.2) is 32.1 Å². The first kappa shape index (κ1) is 25.9. The molecule has 4 aromatic carbocycles. The maximum Gasteiger partial charge on any atom is 0.133 e. The molecule has 0 amide bonds. The molecule has 39 heavy (non-hydrogen) atoms. The average molecular weight is 523 g/mol. The molecule has 0 unspecified atom stereocenters. The lowest BCUT2D eigenvalue weighted by Gasteiger charge is -2.19. The van der Waals surface area contributed by atoms with E-state index in [1.165, 1.54) is 12.1 Å². The van der Waals surface area contributed by atoms with Crippen molar-refractivity contribution in [3.05, 3.63) is 114 Å². The molecule has 0 spiro atoms. The van der Waals surface area contributed by atoms with Crippen LogP contribution in [0.4, 0.5) is 0 Å². The lowest BCUT2D eigenvalue weighted by molar-refractivity contribution is 0.160. The summed E-state index contributed by atoms with van der Waals surface area (Å²) in [5.41, 5.74) is 5.02. The number of rotatable bonds is 8. The van der Waals surface area contributed by atoms with E-state index in [4.69, 9.17) is 4.74 Å². The summed E-state index contributed by atoms with van der Waals surface area (Å²) in [5, 5.41) is 53.0. The van der Waals surface area contributed by atoms with Crippen LogP contribution < -0.4 is 4.74 Å². The number of aliphatic hydroxyl groups is 1. The van der Waals surface area contributed by atoms with Gasteiger partial charge in [-0.15, -0.1) is 13.2 Å². The molecule has 0 fully saturated rings. The zero-order valence-electron chi connectivity index (χ0n) is 21.3. The van der Waals surface area contributed by atoms with Crippen molar-refractivity contribution in [2.45, 2.75) is 24.9 Å². The van der Waals surface area contributed by atoms with Crippen molar-refractivity contribution < 1.29 is 30.3 Å². The van der Waals surface area contributed by atoms with Gasteiger partial charge in [-0.05, 0) is 78.1 Å². The van der Waals surface area contributed by atoms with Gasteiger partial charge >= 0.3 is 0 Å². The number of fused-ring (bicyclic) bond motifs is 1. The van der Waals surface area contributed by atoms with Crippen molar-refractivity contribution in [2.75, 3.05) is 6.61 Å². The summed E-state index contributed by atoms with van der Waals surface area (Å²) >= 11 is 0. The van der Waals surface area contributed by atoms with Crippen molar-refractivity contribution >= 4 is 0 Å². The fourth-order valence-electron chi connectivity index (χ4n) is 5.24. The first-order valence-corrected chi connectivity index (χ1v) is 12.7. The third-order valence-electron chi connectivity index (χ3n) is 7.12. The smallest absolute Gasteiger partial charge is 0.133 e. The fourth-order valence-corrected chi connectivity index (χ4v) is 5.24. The Balaban J connectivity index is 1.61. The number of phenols is 4. The monoisotopic (exact) mass is 522 g/mol. The van der Waals surface area contributed by atoms with Crippen LogP contribution in [0.2, 0.25) is 0 Å².